The van der Waals surface area contributed by atoms with Gasteiger partial charge in [0.1, 0.15) is 5.88 Å². The molecule has 0 amide bonds. The molecule has 0 aromatic rings. The highest BCUT2D eigenvalue weighted by atomic mass is 35.5. The van der Waals surface area contributed by atoms with Gasteiger partial charge in [0.05, 0.1) is 6.61 Å². The molecular formula is C11H19ClO2. The molecule has 1 saturated carbocycles. The highest BCUT2D eigenvalue weighted by Gasteiger charge is 2.30. The van der Waals surface area contributed by atoms with E-state index in [4.69, 9.17) is 16.3 Å². The maximum absolute atomic E-state index is 10.8. The molecular weight excluding hydrogens is 200 g/mol. The summed E-state index contributed by atoms with van der Waals surface area (Å²) in [5.41, 5.74) is 0.487. The van der Waals surface area contributed by atoms with E-state index in [-0.39, 0.29) is 11.8 Å². The van der Waals surface area contributed by atoms with Gasteiger partial charge in [-0.3, -0.25) is 4.79 Å². The molecule has 1 rings (SSSR count). The fraction of sp³-hybridized carbons (Fsp3) is 0.909. The van der Waals surface area contributed by atoms with Crippen LogP contribution in [0, 0.1) is 11.3 Å². The van der Waals surface area contributed by atoms with Crippen molar-refractivity contribution >= 4 is 17.6 Å². The Morgan fingerprint density at radius 3 is 2.79 bits per heavy atom. The van der Waals surface area contributed by atoms with E-state index in [1.165, 1.54) is 19.3 Å². The van der Waals surface area contributed by atoms with Crippen LogP contribution < -0.4 is 0 Å². The molecule has 0 aliphatic heterocycles. The number of carbonyl (C=O) groups is 1. The number of esters is 1. The largest absolute Gasteiger partial charge is 0.465 e. The number of rotatable bonds is 4. The van der Waals surface area contributed by atoms with Crippen molar-refractivity contribution in [3.8, 4) is 0 Å². The molecule has 0 aromatic carbocycles. The van der Waals surface area contributed by atoms with Crippen molar-refractivity contribution in [2.45, 2.75) is 39.5 Å². The molecule has 0 unspecified atom stereocenters. The van der Waals surface area contributed by atoms with Gasteiger partial charge in [-0.25, -0.2) is 0 Å². The molecule has 1 fully saturated rings. The van der Waals surface area contributed by atoms with E-state index >= 15 is 0 Å². The van der Waals surface area contributed by atoms with E-state index in [0.717, 1.165) is 12.3 Å². The van der Waals surface area contributed by atoms with E-state index in [1.54, 1.807) is 0 Å². The summed E-state index contributed by atoms with van der Waals surface area (Å²) in [6, 6.07) is 0. The minimum Gasteiger partial charge on any atom is -0.465 e. The second-order valence-electron chi connectivity index (χ2n) is 4.92. The van der Waals surface area contributed by atoms with Crippen molar-refractivity contribution in [3.05, 3.63) is 0 Å². The van der Waals surface area contributed by atoms with Crippen molar-refractivity contribution in [1.29, 1.82) is 0 Å². The zero-order valence-corrected chi connectivity index (χ0v) is 9.77. The second-order valence-corrected chi connectivity index (χ2v) is 5.18. The van der Waals surface area contributed by atoms with Gasteiger partial charge < -0.3 is 4.74 Å². The lowest BCUT2D eigenvalue weighted by Gasteiger charge is -2.16. The van der Waals surface area contributed by atoms with Gasteiger partial charge in [-0.05, 0) is 37.0 Å². The fourth-order valence-corrected chi connectivity index (χ4v) is 2.28. The van der Waals surface area contributed by atoms with Gasteiger partial charge in [-0.1, -0.05) is 13.8 Å². The number of alkyl halides is 1. The van der Waals surface area contributed by atoms with Crippen molar-refractivity contribution < 1.29 is 9.53 Å². The zero-order valence-electron chi connectivity index (χ0n) is 9.01. The molecule has 0 N–H and O–H groups in total. The molecule has 0 radical (unpaired) electrons. The van der Waals surface area contributed by atoms with Gasteiger partial charge in [0.15, 0.2) is 0 Å². The average Bonchev–Trinajstić information content (AvgIpc) is 2.45. The summed E-state index contributed by atoms with van der Waals surface area (Å²) in [5, 5.41) is 0. The van der Waals surface area contributed by atoms with Gasteiger partial charge >= 0.3 is 5.97 Å². The van der Waals surface area contributed by atoms with Gasteiger partial charge in [0.25, 0.3) is 0 Å². The third kappa shape index (κ3) is 3.87. The first kappa shape index (κ1) is 11.8. The van der Waals surface area contributed by atoms with Crippen LogP contribution in [0.4, 0.5) is 0 Å². The highest BCUT2D eigenvalue weighted by Crippen LogP contribution is 2.42. The molecule has 3 heteroatoms. The molecule has 0 aromatic heterocycles. The van der Waals surface area contributed by atoms with Crippen molar-refractivity contribution in [2.75, 3.05) is 12.5 Å². The lowest BCUT2D eigenvalue weighted by Crippen LogP contribution is -2.10. The van der Waals surface area contributed by atoms with Crippen molar-refractivity contribution in [2.24, 2.45) is 11.3 Å². The molecule has 0 saturated heterocycles. The third-order valence-corrected chi connectivity index (χ3v) is 3.19. The first-order chi connectivity index (χ1) is 6.53. The molecule has 1 atom stereocenters. The monoisotopic (exact) mass is 218 g/mol. The molecule has 0 heterocycles. The average molecular weight is 219 g/mol. The Bertz CT molecular complexity index is 201. The Labute approximate surface area is 91.0 Å². The second kappa shape index (κ2) is 5.01. The summed E-state index contributed by atoms with van der Waals surface area (Å²) >= 11 is 5.32. The Hall–Kier alpha value is -0.240. The standard InChI is InChI=1S/C11H19ClO2/c1-11(2)5-3-9(7-11)4-6-14-10(13)8-12/h9H,3-8H2,1-2H3/t9-/m1/s1. The van der Waals surface area contributed by atoms with Gasteiger partial charge in [-0.2, -0.15) is 0 Å². The Balaban J connectivity index is 2.12. The number of ether oxygens (including phenoxy) is 1. The maximum atomic E-state index is 10.8. The predicted molar refractivity (Wildman–Crippen MR) is 57.4 cm³/mol. The summed E-state index contributed by atoms with van der Waals surface area (Å²) in [7, 11) is 0. The lowest BCUT2D eigenvalue weighted by atomic mass is 9.90. The van der Waals surface area contributed by atoms with Gasteiger partial charge in [0.2, 0.25) is 0 Å². The molecule has 1 aliphatic rings. The summed E-state index contributed by atoms with van der Waals surface area (Å²) in [6.45, 7) is 5.14. The topological polar surface area (TPSA) is 26.3 Å². The molecule has 2 nitrogen and oxygen atoms in total. The van der Waals surface area contributed by atoms with E-state index < -0.39 is 0 Å². The van der Waals surface area contributed by atoms with Crippen LogP contribution in [0.2, 0.25) is 0 Å². The van der Waals surface area contributed by atoms with Crippen LogP contribution in [0.5, 0.6) is 0 Å². The zero-order chi connectivity index (χ0) is 10.6. The minimum absolute atomic E-state index is 0.0316. The predicted octanol–water partition coefficient (Wildman–Crippen LogP) is 2.98. The lowest BCUT2D eigenvalue weighted by molar-refractivity contribution is -0.140. The maximum Gasteiger partial charge on any atom is 0.320 e. The van der Waals surface area contributed by atoms with Crippen LogP contribution in [0.3, 0.4) is 0 Å². The first-order valence-corrected chi connectivity index (χ1v) is 5.78. The Morgan fingerprint density at radius 2 is 2.29 bits per heavy atom. The molecule has 1 aliphatic carbocycles. The minimum atomic E-state index is -0.302. The normalized spacial score (nSPS) is 24.9. The van der Waals surface area contributed by atoms with E-state index in [0.29, 0.717) is 12.0 Å². The number of hydrogen-bond acceptors (Lipinski definition) is 2. The highest BCUT2D eigenvalue weighted by molar-refractivity contribution is 6.26. The van der Waals surface area contributed by atoms with E-state index in [9.17, 15) is 4.79 Å². The number of halogens is 1. The first-order valence-electron chi connectivity index (χ1n) is 5.25. The third-order valence-electron chi connectivity index (χ3n) is 2.97. The van der Waals surface area contributed by atoms with Crippen molar-refractivity contribution in [1.82, 2.24) is 0 Å². The van der Waals surface area contributed by atoms with Crippen LogP contribution >= 0.6 is 11.6 Å². The smallest absolute Gasteiger partial charge is 0.320 e. The van der Waals surface area contributed by atoms with Gasteiger partial charge in [0, 0.05) is 0 Å². The quantitative estimate of drug-likeness (QED) is 0.536. The van der Waals surface area contributed by atoms with E-state index in [1.807, 2.05) is 0 Å². The number of hydrogen-bond donors (Lipinski definition) is 0. The van der Waals surface area contributed by atoms with Crippen LogP contribution in [0.25, 0.3) is 0 Å². The Morgan fingerprint density at radius 1 is 1.57 bits per heavy atom. The summed E-state index contributed by atoms with van der Waals surface area (Å²) < 4.78 is 4.95. The Kier molecular flexibility index (Phi) is 4.24. The summed E-state index contributed by atoms with van der Waals surface area (Å²) in [6.07, 6.45) is 4.81. The SMILES string of the molecule is CC1(C)CC[C@H](CCOC(=O)CCl)C1. The molecule has 14 heavy (non-hydrogen) atoms. The summed E-state index contributed by atoms with van der Waals surface area (Å²) in [5.74, 6) is 0.396. The summed E-state index contributed by atoms with van der Waals surface area (Å²) in [4.78, 5) is 10.8. The van der Waals surface area contributed by atoms with Gasteiger partial charge in [-0.15, -0.1) is 11.6 Å². The van der Waals surface area contributed by atoms with Crippen LogP contribution in [0.1, 0.15) is 39.5 Å². The fourth-order valence-electron chi connectivity index (χ4n) is 2.20. The number of carbonyl (C=O) groups excluding carboxylic acids is 1. The van der Waals surface area contributed by atoms with Crippen LogP contribution in [0.15, 0.2) is 0 Å². The molecule has 0 spiro atoms. The van der Waals surface area contributed by atoms with E-state index in [2.05, 4.69) is 13.8 Å². The van der Waals surface area contributed by atoms with Crippen LogP contribution in [-0.4, -0.2) is 18.5 Å². The van der Waals surface area contributed by atoms with Crippen molar-refractivity contribution in [3.63, 3.8) is 0 Å². The molecule has 0 bridgehead atoms. The molecule has 82 valence electrons. The van der Waals surface area contributed by atoms with Crippen LogP contribution in [-0.2, 0) is 9.53 Å².